The van der Waals surface area contributed by atoms with Crippen LogP contribution in [0.1, 0.15) is 10.4 Å². The van der Waals surface area contributed by atoms with Gasteiger partial charge in [-0.05, 0) is 18.2 Å². The third kappa shape index (κ3) is 5.35. The van der Waals surface area contributed by atoms with Gasteiger partial charge in [-0.25, -0.2) is 9.59 Å². The van der Waals surface area contributed by atoms with E-state index in [4.69, 9.17) is 18.9 Å². The van der Waals surface area contributed by atoms with Gasteiger partial charge >= 0.3 is 11.9 Å². The zero-order chi connectivity index (χ0) is 18.9. The van der Waals surface area contributed by atoms with Crippen molar-refractivity contribution in [3.8, 4) is 11.5 Å². The molecule has 1 saturated heterocycles. The van der Waals surface area contributed by atoms with E-state index >= 15 is 0 Å². The molecule has 1 heterocycles. The Kier molecular flexibility index (Phi) is 7.22. The summed E-state index contributed by atoms with van der Waals surface area (Å²) in [6, 6.07) is 4.37. The van der Waals surface area contributed by atoms with E-state index < -0.39 is 18.5 Å². The molecule has 0 atom stereocenters. The number of methoxy groups -OCH3 is 2. The molecule has 0 aromatic heterocycles. The minimum Gasteiger partial charge on any atom is -0.493 e. The zero-order valence-corrected chi connectivity index (χ0v) is 14.7. The number of carbonyl (C=O) groups excluding carboxylic acids is 3. The van der Waals surface area contributed by atoms with Crippen LogP contribution in [0.5, 0.6) is 11.5 Å². The van der Waals surface area contributed by atoms with Crippen LogP contribution in [0.3, 0.4) is 0 Å². The minimum atomic E-state index is -0.704. The van der Waals surface area contributed by atoms with Gasteiger partial charge in [0.1, 0.15) is 0 Å². The first-order valence-electron chi connectivity index (χ1n) is 7.95. The molecule has 1 amide bonds. The maximum Gasteiger partial charge on any atom is 0.344 e. The lowest BCUT2D eigenvalue weighted by molar-refractivity contribution is -0.144. The average molecular weight is 367 g/mol. The van der Waals surface area contributed by atoms with Crippen molar-refractivity contribution in [1.82, 2.24) is 4.90 Å². The molecular formula is C17H21NO8. The summed E-state index contributed by atoms with van der Waals surface area (Å²) >= 11 is 0. The van der Waals surface area contributed by atoms with E-state index in [0.717, 1.165) is 0 Å². The van der Waals surface area contributed by atoms with Crippen LogP contribution in [0.25, 0.3) is 0 Å². The second-order valence-electron chi connectivity index (χ2n) is 5.30. The molecule has 0 spiro atoms. The van der Waals surface area contributed by atoms with E-state index in [0.29, 0.717) is 32.1 Å². The summed E-state index contributed by atoms with van der Waals surface area (Å²) in [6.07, 6.45) is 0. The Morgan fingerprint density at radius 2 is 1.81 bits per heavy atom. The van der Waals surface area contributed by atoms with Gasteiger partial charge in [0.25, 0.3) is 5.91 Å². The molecule has 9 heteroatoms. The number of esters is 2. The average Bonchev–Trinajstić information content (AvgIpc) is 2.70. The van der Waals surface area contributed by atoms with E-state index in [9.17, 15) is 14.4 Å². The van der Waals surface area contributed by atoms with Gasteiger partial charge in [-0.2, -0.15) is 0 Å². The summed E-state index contributed by atoms with van der Waals surface area (Å²) in [4.78, 5) is 36.7. The lowest BCUT2D eigenvalue weighted by Crippen LogP contribution is -2.43. The van der Waals surface area contributed by atoms with Crippen LogP contribution in [0.4, 0.5) is 0 Å². The van der Waals surface area contributed by atoms with Crippen molar-refractivity contribution in [2.24, 2.45) is 0 Å². The van der Waals surface area contributed by atoms with E-state index in [2.05, 4.69) is 4.74 Å². The molecule has 1 aromatic rings. The summed E-state index contributed by atoms with van der Waals surface area (Å²) in [5.41, 5.74) is 0.178. The first kappa shape index (κ1) is 19.5. The molecule has 1 aliphatic rings. The molecule has 1 fully saturated rings. The number of rotatable bonds is 7. The Morgan fingerprint density at radius 3 is 2.46 bits per heavy atom. The standard InChI is InChI=1S/C17H21NO8/c1-22-14-9-12(17(21)26-11-16(20)23-2)3-4-13(14)25-10-15(19)18-5-7-24-8-6-18/h3-4,9H,5-8,10-11H2,1-2H3. The summed E-state index contributed by atoms with van der Waals surface area (Å²) < 4.78 is 25.1. The minimum absolute atomic E-state index is 0.150. The van der Waals surface area contributed by atoms with Crippen molar-refractivity contribution in [1.29, 1.82) is 0 Å². The third-order valence-electron chi connectivity index (χ3n) is 3.66. The Hall–Kier alpha value is -2.81. The van der Waals surface area contributed by atoms with Gasteiger partial charge in [-0.3, -0.25) is 4.79 Å². The molecule has 0 unspecified atom stereocenters. The molecule has 1 aromatic carbocycles. The molecular weight excluding hydrogens is 346 g/mol. The number of amides is 1. The van der Waals surface area contributed by atoms with Crippen molar-refractivity contribution in [3.63, 3.8) is 0 Å². The van der Waals surface area contributed by atoms with Crippen molar-refractivity contribution in [3.05, 3.63) is 23.8 Å². The molecule has 9 nitrogen and oxygen atoms in total. The largest absolute Gasteiger partial charge is 0.493 e. The van der Waals surface area contributed by atoms with Crippen molar-refractivity contribution in [2.75, 3.05) is 53.7 Å². The fourth-order valence-electron chi connectivity index (χ4n) is 2.22. The highest BCUT2D eigenvalue weighted by Crippen LogP contribution is 2.28. The second-order valence-corrected chi connectivity index (χ2v) is 5.30. The summed E-state index contributed by atoms with van der Waals surface area (Å²) in [7, 11) is 2.61. The van der Waals surface area contributed by atoms with Gasteiger partial charge < -0.3 is 28.6 Å². The van der Waals surface area contributed by atoms with Gasteiger partial charge in [-0.15, -0.1) is 0 Å². The van der Waals surface area contributed by atoms with E-state index in [1.807, 2.05) is 0 Å². The molecule has 1 aliphatic heterocycles. The number of carbonyl (C=O) groups is 3. The number of hydrogen-bond acceptors (Lipinski definition) is 8. The van der Waals surface area contributed by atoms with Gasteiger partial charge in [-0.1, -0.05) is 0 Å². The smallest absolute Gasteiger partial charge is 0.344 e. The predicted molar refractivity (Wildman–Crippen MR) is 88.2 cm³/mol. The number of nitrogens with zero attached hydrogens (tertiary/aromatic N) is 1. The van der Waals surface area contributed by atoms with Gasteiger partial charge in [0, 0.05) is 13.1 Å². The number of benzene rings is 1. The van der Waals surface area contributed by atoms with Crippen LogP contribution in [0, 0.1) is 0 Å². The first-order valence-corrected chi connectivity index (χ1v) is 7.95. The first-order chi connectivity index (χ1) is 12.5. The lowest BCUT2D eigenvalue weighted by Gasteiger charge is -2.26. The summed E-state index contributed by atoms with van der Waals surface area (Å²) in [5, 5.41) is 0. The fourth-order valence-corrected chi connectivity index (χ4v) is 2.22. The van der Waals surface area contributed by atoms with Crippen molar-refractivity contribution in [2.45, 2.75) is 0 Å². The quantitative estimate of drug-likeness (QED) is 0.633. The van der Waals surface area contributed by atoms with Crippen LogP contribution in [-0.4, -0.2) is 76.5 Å². The van der Waals surface area contributed by atoms with Crippen molar-refractivity contribution >= 4 is 17.8 Å². The molecule has 0 saturated carbocycles. The Balaban J connectivity index is 1.95. The topological polar surface area (TPSA) is 101 Å². The van der Waals surface area contributed by atoms with Crippen LogP contribution in [0.15, 0.2) is 18.2 Å². The highest BCUT2D eigenvalue weighted by molar-refractivity contribution is 5.91. The van der Waals surface area contributed by atoms with Gasteiger partial charge in [0.2, 0.25) is 0 Å². The van der Waals surface area contributed by atoms with E-state index in [1.165, 1.54) is 32.4 Å². The molecule has 142 valence electrons. The SMILES string of the molecule is COC(=O)COC(=O)c1ccc(OCC(=O)N2CCOCC2)c(OC)c1. The summed E-state index contributed by atoms with van der Waals surface area (Å²) in [5.74, 6) is -0.931. The van der Waals surface area contributed by atoms with Crippen LogP contribution >= 0.6 is 0 Å². The highest BCUT2D eigenvalue weighted by atomic mass is 16.6. The normalized spacial score (nSPS) is 13.7. The molecule has 0 bridgehead atoms. The van der Waals surface area contributed by atoms with Gasteiger partial charge in [0.15, 0.2) is 24.7 Å². The number of hydrogen-bond donors (Lipinski definition) is 0. The summed E-state index contributed by atoms with van der Waals surface area (Å²) in [6.45, 7) is 1.45. The molecule has 0 aliphatic carbocycles. The molecule has 2 rings (SSSR count). The van der Waals surface area contributed by atoms with Gasteiger partial charge in [0.05, 0.1) is 33.0 Å². The van der Waals surface area contributed by atoms with Crippen LogP contribution < -0.4 is 9.47 Å². The molecule has 0 N–H and O–H groups in total. The maximum atomic E-state index is 12.1. The Labute approximate surface area is 150 Å². The maximum absolute atomic E-state index is 12.1. The second kappa shape index (κ2) is 9.62. The van der Waals surface area contributed by atoms with Crippen LogP contribution in [-0.2, 0) is 23.8 Å². The van der Waals surface area contributed by atoms with E-state index in [1.54, 1.807) is 4.90 Å². The Bertz CT molecular complexity index is 654. The predicted octanol–water partition coefficient (Wildman–Crippen LogP) is 0.263. The Morgan fingerprint density at radius 1 is 1.08 bits per heavy atom. The molecule has 26 heavy (non-hydrogen) atoms. The number of morpholine rings is 1. The van der Waals surface area contributed by atoms with E-state index in [-0.39, 0.29) is 23.8 Å². The highest BCUT2D eigenvalue weighted by Gasteiger charge is 2.19. The number of ether oxygens (including phenoxy) is 5. The molecule has 0 radical (unpaired) electrons. The van der Waals surface area contributed by atoms with Crippen LogP contribution in [0.2, 0.25) is 0 Å². The monoisotopic (exact) mass is 367 g/mol. The lowest BCUT2D eigenvalue weighted by atomic mass is 10.2. The van der Waals surface area contributed by atoms with Crippen molar-refractivity contribution < 1.29 is 38.1 Å². The third-order valence-corrected chi connectivity index (χ3v) is 3.66. The fraction of sp³-hybridized carbons (Fsp3) is 0.471. The zero-order valence-electron chi connectivity index (χ0n) is 14.7.